The van der Waals surface area contributed by atoms with Crippen molar-refractivity contribution in [3.8, 4) is 11.5 Å². The van der Waals surface area contributed by atoms with Crippen molar-refractivity contribution in [2.45, 2.75) is 32.4 Å². The molecule has 0 radical (unpaired) electrons. The van der Waals surface area contributed by atoms with Gasteiger partial charge in [0, 0.05) is 37.9 Å². The van der Waals surface area contributed by atoms with E-state index in [9.17, 15) is 4.39 Å². The summed E-state index contributed by atoms with van der Waals surface area (Å²) in [6.07, 6.45) is 3.27. The SMILES string of the molecule is C=Cc1ccc(Oc2c(F)cc3c(ccn3COCC[Si](C)(C)C)c2F)cc1C(N)=S. The molecule has 0 bridgehead atoms. The molecule has 0 atom stereocenters. The maximum Gasteiger partial charge on any atom is 0.199 e. The smallest absolute Gasteiger partial charge is 0.199 e. The van der Waals surface area contributed by atoms with Crippen molar-refractivity contribution in [3.63, 3.8) is 0 Å². The molecule has 0 amide bonds. The van der Waals surface area contributed by atoms with Gasteiger partial charge in [0.25, 0.3) is 0 Å². The number of ether oxygens (including phenoxy) is 2. The number of fused-ring (bicyclic) bond motifs is 1. The summed E-state index contributed by atoms with van der Waals surface area (Å²) in [6.45, 7) is 11.4. The van der Waals surface area contributed by atoms with Gasteiger partial charge in [-0.25, -0.2) is 8.78 Å². The van der Waals surface area contributed by atoms with Crippen LogP contribution < -0.4 is 10.5 Å². The molecule has 0 fully saturated rings. The van der Waals surface area contributed by atoms with Crippen LogP contribution in [0.2, 0.25) is 25.7 Å². The standard InChI is InChI=1S/C23H26F2N2O2SSi/c1-5-15-6-7-16(12-18(15)23(26)30)29-22-19(24)13-20-17(21(22)25)8-9-27(20)14-28-10-11-31(2,3)4/h5-9,12-13H,1,10-11,14H2,2-4H3,(H2,26,30). The highest BCUT2D eigenvalue weighted by molar-refractivity contribution is 7.80. The van der Waals surface area contributed by atoms with Gasteiger partial charge < -0.3 is 19.8 Å². The molecule has 3 rings (SSSR count). The highest BCUT2D eigenvalue weighted by Gasteiger charge is 2.19. The van der Waals surface area contributed by atoms with Gasteiger partial charge >= 0.3 is 0 Å². The summed E-state index contributed by atoms with van der Waals surface area (Å²) in [4.78, 5) is 0.142. The van der Waals surface area contributed by atoms with Crippen LogP contribution in [0, 0.1) is 11.6 Å². The summed E-state index contributed by atoms with van der Waals surface area (Å²) in [5.74, 6) is -1.85. The first-order valence-corrected chi connectivity index (χ1v) is 14.0. The number of hydrogen-bond donors (Lipinski definition) is 1. The maximum atomic E-state index is 15.1. The Morgan fingerprint density at radius 2 is 1.97 bits per heavy atom. The summed E-state index contributed by atoms with van der Waals surface area (Å²) < 4.78 is 42.8. The minimum atomic E-state index is -1.21. The van der Waals surface area contributed by atoms with Gasteiger partial charge in [-0.05, 0) is 29.8 Å². The van der Waals surface area contributed by atoms with E-state index < -0.39 is 25.5 Å². The third kappa shape index (κ3) is 5.39. The van der Waals surface area contributed by atoms with Gasteiger partial charge in [0.2, 0.25) is 0 Å². The summed E-state index contributed by atoms with van der Waals surface area (Å²) in [5, 5.41) is 0.252. The lowest BCUT2D eigenvalue weighted by Crippen LogP contribution is -2.21. The van der Waals surface area contributed by atoms with E-state index in [2.05, 4.69) is 26.2 Å². The van der Waals surface area contributed by atoms with Crippen molar-refractivity contribution in [1.82, 2.24) is 4.57 Å². The number of nitrogens with zero attached hydrogens (tertiary/aromatic N) is 1. The molecule has 164 valence electrons. The Labute approximate surface area is 187 Å². The number of halogens is 2. The van der Waals surface area contributed by atoms with E-state index in [1.807, 2.05) is 0 Å². The Kier molecular flexibility index (Phi) is 6.93. The third-order valence-corrected chi connectivity index (χ3v) is 6.80. The first-order valence-electron chi connectivity index (χ1n) is 9.89. The molecule has 0 saturated heterocycles. The number of thiocarbonyl (C=S) groups is 1. The predicted molar refractivity (Wildman–Crippen MR) is 128 cm³/mol. The van der Waals surface area contributed by atoms with Crippen LogP contribution in [0.3, 0.4) is 0 Å². The molecular weight excluding hydrogens is 434 g/mol. The van der Waals surface area contributed by atoms with Crippen LogP contribution in [0.4, 0.5) is 8.78 Å². The van der Waals surface area contributed by atoms with Crippen LogP contribution in [0.25, 0.3) is 17.0 Å². The molecule has 8 heteroatoms. The van der Waals surface area contributed by atoms with Crippen molar-refractivity contribution < 1.29 is 18.3 Å². The van der Waals surface area contributed by atoms with Crippen LogP contribution in [-0.2, 0) is 11.5 Å². The minimum absolute atomic E-state index is 0.142. The lowest BCUT2D eigenvalue weighted by Gasteiger charge is -2.16. The highest BCUT2D eigenvalue weighted by Crippen LogP contribution is 2.34. The van der Waals surface area contributed by atoms with Gasteiger partial charge in [0.1, 0.15) is 17.5 Å². The van der Waals surface area contributed by atoms with Crippen molar-refractivity contribution in [3.05, 3.63) is 65.9 Å². The van der Waals surface area contributed by atoms with Crippen LogP contribution in [-0.4, -0.2) is 24.2 Å². The topological polar surface area (TPSA) is 49.4 Å². The average molecular weight is 461 g/mol. The van der Waals surface area contributed by atoms with Crippen LogP contribution in [0.5, 0.6) is 11.5 Å². The second-order valence-electron chi connectivity index (χ2n) is 8.49. The van der Waals surface area contributed by atoms with Crippen molar-refractivity contribution >= 4 is 42.3 Å². The van der Waals surface area contributed by atoms with Gasteiger partial charge in [0.15, 0.2) is 17.4 Å². The van der Waals surface area contributed by atoms with Gasteiger partial charge in [-0.2, -0.15) is 0 Å². The largest absolute Gasteiger partial charge is 0.451 e. The molecule has 2 N–H and O–H groups in total. The summed E-state index contributed by atoms with van der Waals surface area (Å²) >= 11 is 5.04. The van der Waals surface area contributed by atoms with Gasteiger partial charge in [-0.1, -0.05) is 50.6 Å². The monoisotopic (exact) mass is 460 g/mol. The zero-order valence-electron chi connectivity index (χ0n) is 17.9. The third-order valence-electron chi connectivity index (χ3n) is 4.88. The molecule has 0 aliphatic carbocycles. The van der Waals surface area contributed by atoms with Crippen LogP contribution in [0.15, 0.2) is 43.1 Å². The van der Waals surface area contributed by atoms with Gasteiger partial charge in [0.05, 0.1) is 5.52 Å². The van der Waals surface area contributed by atoms with Gasteiger partial charge in [-0.15, -0.1) is 0 Å². The quantitative estimate of drug-likeness (QED) is 0.231. The van der Waals surface area contributed by atoms with Crippen molar-refractivity contribution in [2.24, 2.45) is 5.73 Å². The fourth-order valence-electron chi connectivity index (χ4n) is 3.10. The molecule has 31 heavy (non-hydrogen) atoms. The Morgan fingerprint density at radius 1 is 1.23 bits per heavy atom. The van der Waals surface area contributed by atoms with Crippen molar-refractivity contribution in [1.29, 1.82) is 0 Å². The fourth-order valence-corrected chi connectivity index (χ4v) is 4.03. The summed E-state index contributed by atoms with van der Waals surface area (Å²) in [7, 11) is -1.21. The van der Waals surface area contributed by atoms with E-state index in [0.29, 0.717) is 23.3 Å². The molecule has 1 aromatic heterocycles. The lowest BCUT2D eigenvalue weighted by atomic mass is 10.1. The zero-order valence-corrected chi connectivity index (χ0v) is 19.7. The van der Waals surface area contributed by atoms with E-state index in [0.717, 1.165) is 6.04 Å². The Balaban J connectivity index is 1.86. The number of benzene rings is 2. The van der Waals surface area contributed by atoms with Crippen molar-refractivity contribution in [2.75, 3.05) is 6.61 Å². The predicted octanol–water partition coefficient (Wildman–Crippen LogP) is 6.30. The highest BCUT2D eigenvalue weighted by atomic mass is 32.1. The molecule has 0 aliphatic heterocycles. The van der Waals surface area contributed by atoms with E-state index in [1.54, 1.807) is 41.1 Å². The molecule has 4 nitrogen and oxygen atoms in total. The molecule has 0 spiro atoms. The molecule has 0 aliphatic rings. The normalized spacial score (nSPS) is 11.6. The number of hydrogen-bond acceptors (Lipinski definition) is 3. The molecule has 0 saturated carbocycles. The summed E-state index contributed by atoms with van der Waals surface area (Å²) in [6, 6.07) is 8.66. The Morgan fingerprint density at radius 3 is 2.61 bits per heavy atom. The van der Waals surface area contributed by atoms with Crippen LogP contribution >= 0.6 is 12.2 Å². The Hall–Kier alpha value is -2.55. The second kappa shape index (κ2) is 9.29. The number of rotatable bonds is 9. The lowest BCUT2D eigenvalue weighted by molar-refractivity contribution is 0.0902. The molecule has 3 aromatic rings. The first-order chi connectivity index (χ1) is 14.6. The number of aromatic nitrogens is 1. The molecule has 1 heterocycles. The summed E-state index contributed by atoms with van der Waals surface area (Å²) in [5.41, 5.74) is 7.36. The maximum absolute atomic E-state index is 15.1. The first kappa shape index (κ1) is 23.1. The molecule has 2 aromatic carbocycles. The van der Waals surface area contributed by atoms with E-state index in [1.165, 1.54) is 6.07 Å². The average Bonchev–Trinajstić information content (AvgIpc) is 3.10. The molecular formula is C23H26F2N2O2SSi. The molecule has 0 unspecified atom stereocenters. The second-order valence-corrected chi connectivity index (χ2v) is 14.5. The number of nitrogens with two attached hydrogens (primary N) is 1. The fraction of sp³-hybridized carbons (Fsp3) is 0.261. The van der Waals surface area contributed by atoms with E-state index >= 15 is 4.39 Å². The zero-order chi connectivity index (χ0) is 22.8. The Bertz CT molecular complexity index is 1140. The van der Waals surface area contributed by atoms with E-state index in [-0.39, 0.29) is 22.9 Å². The van der Waals surface area contributed by atoms with Crippen LogP contribution in [0.1, 0.15) is 11.1 Å². The van der Waals surface area contributed by atoms with E-state index in [4.69, 9.17) is 27.4 Å². The van der Waals surface area contributed by atoms with Gasteiger partial charge in [-0.3, -0.25) is 0 Å². The minimum Gasteiger partial charge on any atom is -0.451 e.